The van der Waals surface area contributed by atoms with E-state index in [1.165, 1.54) is 0 Å². The number of rotatable bonds is 2. The monoisotopic (exact) mass is 109 g/mol. The second-order valence-electron chi connectivity index (χ2n) is 1.27. The number of allylic oxidation sites excluding steroid dienone is 3. The molecule has 0 aliphatic rings. The highest BCUT2D eigenvalue weighted by Gasteiger charge is 1.55. The maximum absolute atomic E-state index is 3.85. The van der Waals surface area contributed by atoms with Crippen LogP contribution in [0.3, 0.4) is 0 Å². The van der Waals surface area contributed by atoms with Crippen LogP contribution in [0.2, 0.25) is 0 Å². The number of hydrogen-bond donors (Lipinski definition) is 0. The van der Waals surface area contributed by atoms with Gasteiger partial charge in [-0.2, -0.15) is 0 Å². The van der Waals surface area contributed by atoms with E-state index < -0.39 is 0 Å². The van der Waals surface area contributed by atoms with E-state index in [1.807, 2.05) is 32.1 Å². The first kappa shape index (κ1) is 7.15. The van der Waals surface area contributed by atoms with E-state index in [4.69, 9.17) is 0 Å². The van der Waals surface area contributed by atoms with Crippen molar-refractivity contribution >= 4 is 6.21 Å². The van der Waals surface area contributed by atoms with Crippen LogP contribution in [-0.2, 0) is 0 Å². The van der Waals surface area contributed by atoms with Crippen molar-refractivity contribution in [2.45, 2.75) is 13.8 Å². The largest absolute Gasteiger partial charge is 0.269 e. The van der Waals surface area contributed by atoms with Gasteiger partial charge in [0.15, 0.2) is 0 Å². The highest BCUT2D eigenvalue weighted by atomic mass is 14.6. The molecular formula is C7H11N. The lowest BCUT2D eigenvalue weighted by molar-refractivity contribution is 1.57. The molecule has 0 bridgehead atoms. The summed E-state index contributed by atoms with van der Waals surface area (Å²) in [6.45, 7) is 3.86. The van der Waals surface area contributed by atoms with Gasteiger partial charge in [-0.05, 0) is 19.9 Å². The lowest BCUT2D eigenvalue weighted by atomic mass is 10.5. The number of hydrogen-bond acceptors (Lipinski definition) is 1. The van der Waals surface area contributed by atoms with Gasteiger partial charge in [0, 0.05) is 12.4 Å². The van der Waals surface area contributed by atoms with E-state index >= 15 is 0 Å². The molecule has 8 heavy (non-hydrogen) atoms. The van der Waals surface area contributed by atoms with E-state index in [9.17, 15) is 0 Å². The highest BCUT2D eigenvalue weighted by Crippen LogP contribution is 1.75. The summed E-state index contributed by atoms with van der Waals surface area (Å²) < 4.78 is 0. The highest BCUT2D eigenvalue weighted by molar-refractivity contribution is 5.54. The second-order valence-corrected chi connectivity index (χ2v) is 1.27. The van der Waals surface area contributed by atoms with E-state index in [0.29, 0.717) is 0 Å². The normalized spacial score (nSPS) is 12.8. The topological polar surface area (TPSA) is 12.4 Å². The van der Waals surface area contributed by atoms with Crippen molar-refractivity contribution in [2.24, 2.45) is 4.99 Å². The molecule has 0 heterocycles. The summed E-state index contributed by atoms with van der Waals surface area (Å²) in [5.74, 6) is 0. The molecule has 0 aromatic rings. The third-order valence-corrected chi connectivity index (χ3v) is 0.625. The Bertz CT molecular complexity index is 95.6. The number of nitrogens with zero attached hydrogens (tertiary/aromatic N) is 1. The van der Waals surface area contributed by atoms with Crippen LogP contribution >= 0.6 is 0 Å². The third-order valence-electron chi connectivity index (χ3n) is 0.625. The molecule has 0 aromatic carbocycles. The minimum absolute atomic E-state index is 1.75. The molecule has 0 atom stereocenters. The van der Waals surface area contributed by atoms with Gasteiger partial charge < -0.3 is 0 Å². The average Bonchev–Trinajstić information content (AvgIpc) is 1.81. The van der Waals surface area contributed by atoms with E-state index in [1.54, 1.807) is 12.4 Å². The van der Waals surface area contributed by atoms with E-state index in [2.05, 4.69) is 4.99 Å². The van der Waals surface area contributed by atoms with Crippen LogP contribution in [0.4, 0.5) is 0 Å². The maximum Gasteiger partial charge on any atom is 0.0263 e. The molecule has 0 radical (unpaired) electrons. The minimum Gasteiger partial charge on any atom is -0.269 e. The van der Waals surface area contributed by atoms with Crippen LogP contribution in [-0.4, -0.2) is 6.21 Å². The van der Waals surface area contributed by atoms with E-state index in [0.717, 1.165) is 0 Å². The van der Waals surface area contributed by atoms with Crippen LogP contribution in [0.25, 0.3) is 0 Å². The first-order valence-corrected chi connectivity index (χ1v) is 2.67. The molecule has 1 nitrogen and oxygen atoms in total. The summed E-state index contributed by atoms with van der Waals surface area (Å²) in [6, 6.07) is 0. The fourth-order valence-corrected chi connectivity index (χ4v) is 0.297. The summed E-state index contributed by atoms with van der Waals surface area (Å²) in [5, 5.41) is 0. The molecule has 1 heteroatoms. The quantitative estimate of drug-likeness (QED) is 0.380. The molecule has 0 spiro atoms. The fourth-order valence-electron chi connectivity index (χ4n) is 0.297. The van der Waals surface area contributed by atoms with Gasteiger partial charge in [-0.15, -0.1) is 0 Å². The van der Waals surface area contributed by atoms with Gasteiger partial charge in [-0.25, -0.2) is 0 Å². The average molecular weight is 109 g/mol. The fraction of sp³-hybridized carbons (Fsp3) is 0.286. The Balaban J connectivity index is 3.35. The Morgan fingerprint density at radius 1 is 1.12 bits per heavy atom. The Morgan fingerprint density at radius 2 is 1.88 bits per heavy atom. The van der Waals surface area contributed by atoms with Gasteiger partial charge in [-0.3, -0.25) is 4.99 Å². The Kier molecular flexibility index (Phi) is 5.50. The minimum atomic E-state index is 1.75. The zero-order valence-electron chi connectivity index (χ0n) is 5.33. The van der Waals surface area contributed by atoms with Crippen molar-refractivity contribution in [1.29, 1.82) is 0 Å². The van der Waals surface area contributed by atoms with Crippen molar-refractivity contribution in [1.82, 2.24) is 0 Å². The lowest BCUT2D eigenvalue weighted by Gasteiger charge is -1.69. The third kappa shape index (κ3) is 5.15. The SMILES string of the molecule is CC=CC=CN=CC. The first-order chi connectivity index (χ1) is 3.91. The standard InChI is InChI=1S/C7H11N/c1-3-5-6-7-8-4-2/h3-7H,1-2H3. The van der Waals surface area contributed by atoms with Gasteiger partial charge in [0.05, 0.1) is 0 Å². The molecule has 44 valence electrons. The summed E-state index contributed by atoms with van der Waals surface area (Å²) >= 11 is 0. The lowest BCUT2D eigenvalue weighted by Crippen LogP contribution is -1.52. The van der Waals surface area contributed by atoms with Crippen LogP contribution in [0, 0.1) is 0 Å². The molecule has 0 unspecified atom stereocenters. The Hall–Kier alpha value is -0.850. The summed E-state index contributed by atoms with van der Waals surface area (Å²) in [7, 11) is 0. The molecule has 0 aliphatic carbocycles. The van der Waals surface area contributed by atoms with Crippen LogP contribution in [0.5, 0.6) is 0 Å². The summed E-state index contributed by atoms with van der Waals surface area (Å²) in [4.78, 5) is 3.85. The summed E-state index contributed by atoms with van der Waals surface area (Å²) in [6.07, 6.45) is 9.29. The first-order valence-electron chi connectivity index (χ1n) is 2.67. The van der Waals surface area contributed by atoms with Crippen molar-refractivity contribution < 1.29 is 0 Å². The van der Waals surface area contributed by atoms with Crippen LogP contribution < -0.4 is 0 Å². The smallest absolute Gasteiger partial charge is 0.0263 e. The zero-order chi connectivity index (χ0) is 6.24. The maximum atomic E-state index is 3.85. The second kappa shape index (κ2) is 6.15. The van der Waals surface area contributed by atoms with Crippen molar-refractivity contribution in [3.63, 3.8) is 0 Å². The molecule has 0 saturated carbocycles. The molecule has 0 aromatic heterocycles. The molecule has 0 amide bonds. The van der Waals surface area contributed by atoms with E-state index in [-0.39, 0.29) is 0 Å². The molecule has 0 rings (SSSR count). The predicted octanol–water partition coefficient (Wildman–Crippen LogP) is 2.17. The van der Waals surface area contributed by atoms with Crippen LogP contribution in [0.15, 0.2) is 29.4 Å². The summed E-state index contributed by atoms with van der Waals surface area (Å²) in [5.41, 5.74) is 0. The van der Waals surface area contributed by atoms with Gasteiger partial charge in [0.25, 0.3) is 0 Å². The van der Waals surface area contributed by atoms with Crippen molar-refractivity contribution in [2.75, 3.05) is 0 Å². The van der Waals surface area contributed by atoms with Gasteiger partial charge in [0.2, 0.25) is 0 Å². The Labute approximate surface area is 50.4 Å². The predicted molar refractivity (Wildman–Crippen MR) is 38.1 cm³/mol. The van der Waals surface area contributed by atoms with Crippen molar-refractivity contribution in [3.05, 3.63) is 24.4 Å². The van der Waals surface area contributed by atoms with Gasteiger partial charge >= 0.3 is 0 Å². The molecule has 0 fully saturated rings. The zero-order valence-corrected chi connectivity index (χ0v) is 5.33. The molecule has 0 aliphatic heterocycles. The van der Waals surface area contributed by atoms with Crippen molar-refractivity contribution in [3.8, 4) is 0 Å². The van der Waals surface area contributed by atoms with Gasteiger partial charge in [-0.1, -0.05) is 12.2 Å². The molecule has 0 saturated heterocycles. The van der Waals surface area contributed by atoms with Crippen LogP contribution in [0.1, 0.15) is 13.8 Å². The number of aliphatic imine (C=N–C) groups is 1. The Morgan fingerprint density at radius 3 is 2.38 bits per heavy atom. The molecular weight excluding hydrogens is 98.1 g/mol. The van der Waals surface area contributed by atoms with Gasteiger partial charge in [0.1, 0.15) is 0 Å². The molecule has 0 N–H and O–H groups in total.